The highest BCUT2D eigenvalue weighted by molar-refractivity contribution is 5.94. The summed E-state index contributed by atoms with van der Waals surface area (Å²) >= 11 is 0. The molecule has 98 valence electrons. The van der Waals surface area contributed by atoms with E-state index >= 15 is 0 Å². The Bertz CT molecular complexity index is 461. The van der Waals surface area contributed by atoms with E-state index in [9.17, 15) is 9.18 Å². The predicted molar refractivity (Wildman–Crippen MR) is 69.7 cm³/mol. The number of anilines is 1. The Morgan fingerprint density at radius 3 is 2.50 bits per heavy atom. The molecular formula is C14H19FN2O. The van der Waals surface area contributed by atoms with Gasteiger partial charge in [0.15, 0.2) is 0 Å². The molecule has 1 heterocycles. The fourth-order valence-electron chi connectivity index (χ4n) is 2.19. The molecule has 0 radical (unpaired) electrons. The molecule has 2 rings (SSSR count). The molecule has 1 aromatic rings. The summed E-state index contributed by atoms with van der Waals surface area (Å²) in [5.74, 6) is -0.771. The second-order valence-electron chi connectivity index (χ2n) is 5.70. The molecule has 2 N–H and O–H groups in total. The molecule has 0 aliphatic carbocycles. The van der Waals surface area contributed by atoms with Crippen LogP contribution in [0.15, 0.2) is 18.2 Å². The summed E-state index contributed by atoms with van der Waals surface area (Å²) in [7, 11) is 0. The van der Waals surface area contributed by atoms with Crippen molar-refractivity contribution in [2.75, 3.05) is 18.8 Å². The molecule has 0 unspecified atom stereocenters. The number of carbonyl (C=O) groups is 1. The van der Waals surface area contributed by atoms with Gasteiger partial charge in [0.25, 0.3) is 5.91 Å². The third-order valence-corrected chi connectivity index (χ3v) is 3.63. The van der Waals surface area contributed by atoms with Crippen molar-refractivity contribution in [2.45, 2.75) is 26.7 Å². The third kappa shape index (κ3) is 2.63. The maximum Gasteiger partial charge on any atom is 0.256 e. The van der Waals surface area contributed by atoms with Crippen LogP contribution in [0, 0.1) is 11.2 Å². The Balaban J connectivity index is 2.13. The molecule has 1 saturated heterocycles. The Kier molecular flexibility index (Phi) is 3.28. The van der Waals surface area contributed by atoms with Gasteiger partial charge in [0.2, 0.25) is 0 Å². The van der Waals surface area contributed by atoms with Gasteiger partial charge in [-0.15, -0.1) is 0 Å². The Morgan fingerprint density at radius 2 is 1.94 bits per heavy atom. The zero-order chi connectivity index (χ0) is 13.3. The van der Waals surface area contributed by atoms with Gasteiger partial charge < -0.3 is 10.6 Å². The average Bonchev–Trinajstić information content (AvgIpc) is 2.28. The SMILES string of the molecule is CC1(C)CCN(C(=O)c2ccc(N)cc2F)CC1. The average molecular weight is 250 g/mol. The molecule has 3 nitrogen and oxygen atoms in total. The first kappa shape index (κ1) is 12.9. The molecule has 0 aromatic heterocycles. The van der Waals surface area contributed by atoms with E-state index in [1.54, 1.807) is 11.0 Å². The normalized spacial score (nSPS) is 18.7. The predicted octanol–water partition coefficient (Wildman–Crippen LogP) is 2.67. The first-order chi connectivity index (χ1) is 8.39. The number of benzene rings is 1. The second kappa shape index (κ2) is 4.59. The monoisotopic (exact) mass is 250 g/mol. The summed E-state index contributed by atoms with van der Waals surface area (Å²) in [6.45, 7) is 5.77. The van der Waals surface area contributed by atoms with Crippen molar-refractivity contribution in [2.24, 2.45) is 5.41 Å². The van der Waals surface area contributed by atoms with Crippen LogP contribution < -0.4 is 5.73 Å². The van der Waals surface area contributed by atoms with E-state index < -0.39 is 5.82 Å². The van der Waals surface area contributed by atoms with Gasteiger partial charge in [-0.05, 0) is 36.5 Å². The lowest BCUT2D eigenvalue weighted by molar-refractivity contribution is 0.0626. The van der Waals surface area contributed by atoms with Crippen molar-refractivity contribution in [3.05, 3.63) is 29.6 Å². The lowest BCUT2D eigenvalue weighted by atomic mass is 9.82. The van der Waals surface area contributed by atoms with Gasteiger partial charge in [-0.3, -0.25) is 4.79 Å². The molecule has 1 amide bonds. The maximum atomic E-state index is 13.7. The highest BCUT2D eigenvalue weighted by atomic mass is 19.1. The summed E-state index contributed by atoms with van der Waals surface area (Å²) in [4.78, 5) is 13.9. The van der Waals surface area contributed by atoms with Crippen LogP contribution in [0.2, 0.25) is 0 Å². The smallest absolute Gasteiger partial charge is 0.256 e. The highest BCUT2D eigenvalue weighted by Crippen LogP contribution is 2.30. The van der Waals surface area contributed by atoms with Gasteiger partial charge >= 0.3 is 0 Å². The largest absolute Gasteiger partial charge is 0.399 e. The number of hydrogen-bond donors (Lipinski definition) is 1. The van der Waals surface area contributed by atoms with Crippen molar-refractivity contribution in [1.29, 1.82) is 0 Å². The first-order valence-electron chi connectivity index (χ1n) is 6.23. The van der Waals surface area contributed by atoms with Crippen molar-refractivity contribution in [3.8, 4) is 0 Å². The highest BCUT2D eigenvalue weighted by Gasteiger charge is 2.29. The third-order valence-electron chi connectivity index (χ3n) is 3.63. The molecule has 1 fully saturated rings. The van der Waals surface area contributed by atoms with Gasteiger partial charge in [-0.1, -0.05) is 13.8 Å². The number of amides is 1. The van der Waals surface area contributed by atoms with E-state index in [1.165, 1.54) is 12.1 Å². The number of piperidine rings is 1. The summed E-state index contributed by atoms with van der Waals surface area (Å²) in [5.41, 5.74) is 6.20. The summed E-state index contributed by atoms with van der Waals surface area (Å²) in [6.07, 6.45) is 1.91. The molecule has 0 atom stereocenters. The van der Waals surface area contributed by atoms with Crippen LogP contribution >= 0.6 is 0 Å². The van der Waals surface area contributed by atoms with Gasteiger partial charge in [-0.2, -0.15) is 0 Å². The fourth-order valence-corrected chi connectivity index (χ4v) is 2.19. The number of likely N-dealkylation sites (tertiary alicyclic amines) is 1. The minimum absolute atomic E-state index is 0.115. The van der Waals surface area contributed by atoms with Gasteiger partial charge in [0.1, 0.15) is 5.82 Å². The summed E-state index contributed by atoms with van der Waals surface area (Å²) < 4.78 is 13.7. The number of nitrogens with two attached hydrogens (primary N) is 1. The van der Waals surface area contributed by atoms with Crippen LogP contribution in [0.4, 0.5) is 10.1 Å². The molecule has 0 bridgehead atoms. The zero-order valence-electron chi connectivity index (χ0n) is 10.9. The second-order valence-corrected chi connectivity index (χ2v) is 5.70. The van der Waals surface area contributed by atoms with E-state index in [-0.39, 0.29) is 16.9 Å². The van der Waals surface area contributed by atoms with Gasteiger partial charge in [0, 0.05) is 18.8 Å². The number of nitrogens with zero attached hydrogens (tertiary/aromatic N) is 1. The van der Waals surface area contributed by atoms with Gasteiger partial charge in [0.05, 0.1) is 5.56 Å². The first-order valence-corrected chi connectivity index (χ1v) is 6.23. The summed E-state index contributed by atoms with van der Waals surface area (Å²) in [5, 5.41) is 0. The van der Waals surface area contributed by atoms with Crippen LogP contribution in [-0.2, 0) is 0 Å². The number of hydrogen-bond acceptors (Lipinski definition) is 2. The quantitative estimate of drug-likeness (QED) is 0.779. The minimum Gasteiger partial charge on any atom is -0.399 e. The standard InChI is InChI=1S/C14H19FN2O/c1-14(2)5-7-17(8-6-14)13(18)11-4-3-10(16)9-12(11)15/h3-4,9H,5-8,16H2,1-2H3. The topological polar surface area (TPSA) is 46.3 Å². The number of nitrogen functional groups attached to an aromatic ring is 1. The lowest BCUT2D eigenvalue weighted by Gasteiger charge is -2.37. The van der Waals surface area contributed by atoms with E-state index in [4.69, 9.17) is 5.73 Å². The van der Waals surface area contributed by atoms with Gasteiger partial charge in [-0.25, -0.2) is 4.39 Å². The number of halogens is 1. The van der Waals surface area contributed by atoms with Crippen molar-refractivity contribution in [3.63, 3.8) is 0 Å². The minimum atomic E-state index is -0.537. The number of carbonyl (C=O) groups excluding carboxylic acids is 1. The molecule has 1 aliphatic rings. The molecule has 0 saturated carbocycles. The Labute approximate surface area is 107 Å². The molecule has 4 heteroatoms. The molecule has 0 spiro atoms. The van der Waals surface area contributed by atoms with Crippen molar-refractivity contribution >= 4 is 11.6 Å². The van der Waals surface area contributed by atoms with E-state index in [0.29, 0.717) is 18.8 Å². The lowest BCUT2D eigenvalue weighted by Crippen LogP contribution is -2.41. The molecular weight excluding hydrogens is 231 g/mol. The molecule has 1 aromatic carbocycles. The Hall–Kier alpha value is -1.58. The van der Waals surface area contributed by atoms with E-state index in [0.717, 1.165) is 12.8 Å². The van der Waals surface area contributed by atoms with Crippen LogP contribution in [0.5, 0.6) is 0 Å². The zero-order valence-corrected chi connectivity index (χ0v) is 10.9. The van der Waals surface area contributed by atoms with E-state index in [1.807, 2.05) is 0 Å². The van der Waals surface area contributed by atoms with Crippen LogP contribution in [0.1, 0.15) is 37.0 Å². The number of rotatable bonds is 1. The van der Waals surface area contributed by atoms with E-state index in [2.05, 4.69) is 13.8 Å². The Morgan fingerprint density at radius 1 is 1.33 bits per heavy atom. The van der Waals surface area contributed by atoms with Crippen LogP contribution in [0.3, 0.4) is 0 Å². The maximum absolute atomic E-state index is 13.7. The van der Waals surface area contributed by atoms with Crippen LogP contribution in [-0.4, -0.2) is 23.9 Å². The van der Waals surface area contributed by atoms with Crippen molar-refractivity contribution in [1.82, 2.24) is 4.90 Å². The van der Waals surface area contributed by atoms with Crippen LogP contribution in [0.25, 0.3) is 0 Å². The molecule has 1 aliphatic heterocycles. The molecule has 18 heavy (non-hydrogen) atoms. The fraction of sp³-hybridized carbons (Fsp3) is 0.500. The summed E-state index contributed by atoms with van der Waals surface area (Å²) in [6, 6.07) is 4.22. The van der Waals surface area contributed by atoms with Crippen molar-refractivity contribution < 1.29 is 9.18 Å².